The highest BCUT2D eigenvalue weighted by molar-refractivity contribution is 7.90. The van der Waals surface area contributed by atoms with Gasteiger partial charge in [-0.3, -0.25) is 9.02 Å². The van der Waals surface area contributed by atoms with E-state index in [4.69, 9.17) is 9.02 Å². The highest BCUT2D eigenvalue weighted by Gasteiger charge is 2.26. The zero-order chi connectivity index (χ0) is 14.1. The normalized spacial score (nSPS) is 20.6. The Hall–Kier alpha value is -1.00. The van der Waals surface area contributed by atoms with Gasteiger partial charge in [0.1, 0.15) is 6.10 Å². The van der Waals surface area contributed by atoms with Gasteiger partial charge in [0.25, 0.3) is 10.1 Å². The number of sulfone groups is 1. The molecule has 0 radical (unpaired) electrons. The molecule has 1 aliphatic heterocycles. The number of hydrogen-bond acceptors (Lipinski definition) is 7. The second-order valence-corrected chi connectivity index (χ2v) is 7.67. The van der Waals surface area contributed by atoms with Crippen molar-refractivity contribution < 1.29 is 25.9 Å². The van der Waals surface area contributed by atoms with Crippen LogP contribution in [-0.4, -0.2) is 42.3 Å². The van der Waals surface area contributed by atoms with E-state index in [0.29, 0.717) is 0 Å². The van der Waals surface area contributed by atoms with Crippen LogP contribution in [0.2, 0.25) is 0 Å². The zero-order valence-electron chi connectivity index (χ0n) is 10.1. The third-order valence-corrected chi connectivity index (χ3v) is 4.93. The molecule has 0 saturated carbocycles. The maximum Gasteiger partial charge on any atom is 0.297 e. The molecule has 1 aromatic carbocycles. The lowest BCUT2D eigenvalue weighted by Gasteiger charge is -2.10. The summed E-state index contributed by atoms with van der Waals surface area (Å²) in [5.41, 5.74) is 2.50. The van der Waals surface area contributed by atoms with Crippen molar-refractivity contribution in [3.63, 3.8) is 0 Å². The van der Waals surface area contributed by atoms with Crippen molar-refractivity contribution in [2.75, 3.05) is 19.4 Å². The largest absolute Gasteiger partial charge is 0.299 e. The standard InChI is InChI=1S/C10H13NO6S2/c1-18(12,13)9-3-2-4-10(5-9)19(14,15)17-8-6-11-16-7-8/h2-5,8,11H,6-7H2,1H3/t8-/m0/s1. The van der Waals surface area contributed by atoms with Crippen LogP contribution in [0.15, 0.2) is 34.1 Å². The van der Waals surface area contributed by atoms with Crippen molar-refractivity contribution in [1.82, 2.24) is 5.48 Å². The van der Waals surface area contributed by atoms with Crippen molar-refractivity contribution in [2.45, 2.75) is 15.9 Å². The molecule has 1 heterocycles. The molecule has 0 aliphatic carbocycles. The van der Waals surface area contributed by atoms with Crippen LogP contribution in [0, 0.1) is 0 Å². The van der Waals surface area contributed by atoms with Gasteiger partial charge in [-0.1, -0.05) is 6.07 Å². The Morgan fingerprint density at radius 1 is 1.26 bits per heavy atom. The number of rotatable bonds is 4. The number of nitrogens with one attached hydrogen (secondary N) is 1. The van der Waals surface area contributed by atoms with Gasteiger partial charge in [0.2, 0.25) is 0 Å². The molecule has 106 valence electrons. The smallest absolute Gasteiger partial charge is 0.297 e. The predicted octanol–water partition coefficient (Wildman–Crippen LogP) is -0.301. The minimum atomic E-state index is -4.01. The van der Waals surface area contributed by atoms with E-state index >= 15 is 0 Å². The van der Waals surface area contributed by atoms with Gasteiger partial charge < -0.3 is 0 Å². The van der Waals surface area contributed by atoms with Crippen LogP contribution in [0.1, 0.15) is 0 Å². The SMILES string of the molecule is CS(=O)(=O)c1cccc(S(=O)(=O)O[C@H]2CNOC2)c1. The minimum absolute atomic E-state index is 0.0713. The quantitative estimate of drug-likeness (QED) is 0.762. The molecule has 9 heteroatoms. The summed E-state index contributed by atoms with van der Waals surface area (Å²) in [6.07, 6.45) is 0.390. The molecule has 19 heavy (non-hydrogen) atoms. The number of benzene rings is 1. The van der Waals surface area contributed by atoms with Gasteiger partial charge in [0, 0.05) is 6.26 Å². The van der Waals surface area contributed by atoms with Gasteiger partial charge >= 0.3 is 0 Å². The zero-order valence-corrected chi connectivity index (χ0v) is 11.7. The van der Waals surface area contributed by atoms with E-state index in [-0.39, 0.29) is 22.9 Å². The maximum atomic E-state index is 12.0. The number of hydroxylamine groups is 1. The molecule has 1 aliphatic rings. The predicted molar refractivity (Wildman–Crippen MR) is 65.6 cm³/mol. The molecular weight excluding hydrogens is 294 g/mol. The van der Waals surface area contributed by atoms with Gasteiger partial charge in [-0.15, -0.1) is 0 Å². The molecule has 0 aromatic heterocycles. The molecule has 0 bridgehead atoms. The molecule has 2 rings (SSSR count). The van der Waals surface area contributed by atoms with Crippen LogP contribution in [0.4, 0.5) is 0 Å². The Balaban J connectivity index is 2.30. The van der Waals surface area contributed by atoms with Crippen molar-refractivity contribution in [3.8, 4) is 0 Å². The lowest BCUT2D eigenvalue weighted by atomic mass is 10.4. The monoisotopic (exact) mass is 307 g/mol. The first-order chi connectivity index (χ1) is 8.79. The Labute approximate surface area is 111 Å². The summed E-state index contributed by atoms with van der Waals surface area (Å²) >= 11 is 0. The van der Waals surface area contributed by atoms with Crippen LogP contribution >= 0.6 is 0 Å². The molecule has 1 saturated heterocycles. The summed E-state index contributed by atoms with van der Waals surface area (Å²) in [6.45, 7) is 0.371. The lowest BCUT2D eigenvalue weighted by molar-refractivity contribution is 0.0854. The molecule has 0 spiro atoms. The van der Waals surface area contributed by atoms with Crippen molar-refractivity contribution >= 4 is 20.0 Å². The van der Waals surface area contributed by atoms with E-state index in [1.807, 2.05) is 0 Å². The fourth-order valence-electron chi connectivity index (χ4n) is 1.52. The Morgan fingerprint density at radius 3 is 2.53 bits per heavy atom. The van der Waals surface area contributed by atoms with Gasteiger partial charge in [0.15, 0.2) is 9.84 Å². The second-order valence-electron chi connectivity index (χ2n) is 4.08. The maximum absolute atomic E-state index is 12.0. The summed E-state index contributed by atoms with van der Waals surface area (Å²) in [5.74, 6) is 0. The summed E-state index contributed by atoms with van der Waals surface area (Å²) in [6, 6.07) is 5.05. The van der Waals surface area contributed by atoms with Crippen LogP contribution in [0.5, 0.6) is 0 Å². The van der Waals surface area contributed by atoms with Crippen molar-refractivity contribution in [1.29, 1.82) is 0 Å². The molecule has 7 nitrogen and oxygen atoms in total. The molecule has 1 N–H and O–H groups in total. The highest BCUT2D eigenvalue weighted by Crippen LogP contribution is 2.19. The molecule has 0 unspecified atom stereocenters. The summed E-state index contributed by atoms with van der Waals surface area (Å²) in [5, 5.41) is 0. The first-order valence-corrected chi connectivity index (χ1v) is 8.67. The number of hydrogen-bond donors (Lipinski definition) is 1. The van der Waals surface area contributed by atoms with E-state index in [1.165, 1.54) is 18.2 Å². The van der Waals surface area contributed by atoms with E-state index < -0.39 is 26.1 Å². The first-order valence-electron chi connectivity index (χ1n) is 5.37. The molecule has 1 fully saturated rings. The van der Waals surface area contributed by atoms with Gasteiger partial charge in [-0.25, -0.2) is 8.42 Å². The molecular formula is C10H13NO6S2. The van der Waals surface area contributed by atoms with Crippen LogP contribution < -0.4 is 5.48 Å². The Morgan fingerprint density at radius 2 is 1.95 bits per heavy atom. The topological polar surface area (TPSA) is 98.8 Å². The summed E-state index contributed by atoms with van der Waals surface area (Å²) in [7, 11) is -7.48. The average molecular weight is 307 g/mol. The van der Waals surface area contributed by atoms with E-state index in [1.54, 1.807) is 0 Å². The van der Waals surface area contributed by atoms with Crippen LogP contribution in [0.25, 0.3) is 0 Å². The van der Waals surface area contributed by atoms with Gasteiger partial charge in [-0.05, 0) is 18.2 Å². The summed E-state index contributed by atoms with van der Waals surface area (Å²) < 4.78 is 51.7. The third-order valence-electron chi connectivity index (χ3n) is 2.47. The van der Waals surface area contributed by atoms with Gasteiger partial charge in [-0.2, -0.15) is 13.9 Å². The third kappa shape index (κ3) is 3.51. The fourth-order valence-corrected chi connectivity index (χ4v) is 3.37. The van der Waals surface area contributed by atoms with Crippen molar-refractivity contribution in [2.24, 2.45) is 0 Å². The Kier molecular flexibility index (Phi) is 3.92. The van der Waals surface area contributed by atoms with Gasteiger partial charge in [0.05, 0.1) is 22.9 Å². The first kappa shape index (κ1) is 14.4. The lowest BCUT2D eigenvalue weighted by Crippen LogP contribution is -2.23. The average Bonchev–Trinajstić information content (AvgIpc) is 2.80. The highest BCUT2D eigenvalue weighted by atomic mass is 32.2. The van der Waals surface area contributed by atoms with E-state index in [2.05, 4.69) is 5.48 Å². The Bertz CT molecular complexity index is 661. The van der Waals surface area contributed by atoms with Crippen molar-refractivity contribution in [3.05, 3.63) is 24.3 Å². The van der Waals surface area contributed by atoms with E-state index in [9.17, 15) is 16.8 Å². The second kappa shape index (κ2) is 5.17. The minimum Gasteiger partial charge on any atom is -0.299 e. The fraction of sp³-hybridized carbons (Fsp3) is 0.400. The molecule has 1 aromatic rings. The molecule has 1 atom stereocenters. The van der Waals surface area contributed by atoms with E-state index in [0.717, 1.165) is 12.3 Å². The van der Waals surface area contributed by atoms with Crippen LogP contribution in [0.3, 0.4) is 0 Å². The van der Waals surface area contributed by atoms with Crippen LogP contribution in [-0.2, 0) is 29.0 Å². The molecule has 0 amide bonds. The summed E-state index contributed by atoms with van der Waals surface area (Å²) in [4.78, 5) is 4.52.